The van der Waals surface area contributed by atoms with Crippen molar-refractivity contribution >= 4 is 23.3 Å². The molecule has 1 aliphatic heterocycles. The molecule has 0 aromatic carbocycles. The predicted molar refractivity (Wildman–Crippen MR) is 74.1 cm³/mol. The third-order valence-electron chi connectivity index (χ3n) is 3.54. The molecule has 1 aliphatic rings. The highest BCUT2D eigenvalue weighted by Gasteiger charge is 2.27. The Bertz CT molecular complexity index is 509. The fourth-order valence-electron chi connectivity index (χ4n) is 2.20. The molecule has 1 aromatic rings. The Hall–Kier alpha value is -1.73. The standard InChI is InChI=1S/C12H17ClN4O3/c1-8(11(14)15-19)16-3-5-17(6-4-16)12(18)9-2-7-20-10(9)13/h2,7-8,19H,3-6H2,1H3,(H2,14,15). The van der Waals surface area contributed by atoms with E-state index in [0.717, 1.165) is 0 Å². The van der Waals surface area contributed by atoms with Crippen molar-refractivity contribution in [1.29, 1.82) is 0 Å². The molecule has 0 radical (unpaired) electrons. The highest BCUT2D eigenvalue weighted by molar-refractivity contribution is 6.32. The molecule has 8 heteroatoms. The molecule has 2 heterocycles. The SMILES string of the molecule is CC(/C(N)=N/O)N1CCN(C(=O)c2ccoc2Cl)CC1. The Balaban J connectivity index is 1.95. The van der Waals surface area contributed by atoms with Crippen LogP contribution < -0.4 is 5.73 Å². The largest absolute Gasteiger partial charge is 0.452 e. The zero-order valence-corrected chi connectivity index (χ0v) is 11.9. The van der Waals surface area contributed by atoms with Gasteiger partial charge in [0.25, 0.3) is 5.91 Å². The number of hydrogen-bond donors (Lipinski definition) is 2. The number of nitrogens with two attached hydrogens (primary N) is 1. The lowest BCUT2D eigenvalue weighted by Gasteiger charge is -2.37. The second kappa shape index (κ2) is 6.15. The quantitative estimate of drug-likeness (QED) is 0.373. The Kier molecular flexibility index (Phi) is 4.51. The van der Waals surface area contributed by atoms with E-state index in [1.807, 2.05) is 6.92 Å². The Morgan fingerprint density at radius 3 is 2.65 bits per heavy atom. The van der Waals surface area contributed by atoms with Crippen LogP contribution in [-0.4, -0.2) is 59.0 Å². The van der Waals surface area contributed by atoms with E-state index in [-0.39, 0.29) is 23.0 Å². The number of furan rings is 1. The van der Waals surface area contributed by atoms with Gasteiger partial charge in [0.05, 0.1) is 17.9 Å². The summed E-state index contributed by atoms with van der Waals surface area (Å²) in [6.45, 7) is 4.28. The highest BCUT2D eigenvalue weighted by atomic mass is 35.5. The molecule has 2 rings (SSSR count). The summed E-state index contributed by atoms with van der Waals surface area (Å²) >= 11 is 5.81. The third-order valence-corrected chi connectivity index (χ3v) is 3.83. The minimum absolute atomic E-state index is 0.113. The number of carbonyl (C=O) groups is 1. The van der Waals surface area contributed by atoms with Gasteiger partial charge in [-0.05, 0) is 24.6 Å². The lowest BCUT2D eigenvalue weighted by atomic mass is 10.2. The van der Waals surface area contributed by atoms with Crippen LogP contribution in [0.1, 0.15) is 17.3 Å². The maximum atomic E-state index is 12.2. The minimum Gasteiger partial charge on any atom is -0.452 e. The first-order valence-corrected chi connectivity index (χ1v) is 6.66. The van der Waals surface area contributed by atoms with Crippen LogP contribution in [0.5, 0.6) is 0 Å². The van der Waals surface area contributed by atoms with Gasteiger partial charge < -0.3 is 20.3 Å². The van der Waals surface area contributed by atoms with Crippen molar-refractivity contribution in [3.63, 3.8) is 0 Å². The number of amidine groups is 1. The van der Waals surface area contributed by atoms with E-state index in [1.165, 1.54) is 6.26 Å². The van der Waals surface area contributed by atoms with Crippen LogP contribution >= 0.6 is 11.6 Å². The molecule has 7 nitrogen and oxygen atoms in total. The van der Waals surface area contributed by atoms with Gasteiger partial charge in [0.1, 0.15) is 0 Å². The fraction of sp³-hybridized carbons (Fsp3) is 0.500. The van der Waals surface area contributed by atoms with Gasteiger partial charge in [-0.2, -0.15) is 0 Å². The summed E-state index contributed by atoms with van der Waals surface area (Å²) < 4.78 is 4.93. The van der Waals surface area contributed by atoms with Crippen LogP contribution in [0.15, 0.2) is 21.9 Å². The molecule has 1 atom stereocenters. The molecule has 110 valence electrons. The van der Waals surface area contributed by atoms with Crippen LogP contribution in [0.25, 0.3) is 0 Å². The molecule has 0 aliphatic carbocycles. The number of carbonyl (C=O) groups excluding carboxylic acids is 1. The van der Waals surface area contributed by atoms with E-state index >= 15 is 0 Å². The number of nitrogens with zero attached hydrogens (tertiary/aromatic N) is 3. The molecule has 1 unspecified atom stereocenters. The first-order valence-electron chi connectivity index (χ1n) is 6.28. The maximum absolute atomic E-state index is 12.2. The Morgan fingerprint density at radius 1 is 1.50 bits per heavy atom. The molecule has 0 saturated carbocycles. The Labute approximate surface area is 121 Å². The molecular formula is C12H17ClN4O3. The number of halogens is 1. The zero-order valence-electron chi connectivity index (χ0n) is 11.1. The summed E-state index contributed by atoms with van der Waals surface area (Å²) in [5.41, 5.74) is 5.97. The predicted octanol–water partition coefficient (Wildman–Crippen LogP) is 0.826. The van der Waals surface area contributed by atoms with Gasteiger partial charge in [-0.25, -0.2) is 0 Å². The number of rotatable bonds is 3. The molecule has 0 bridgehead atoms. The van der Waals surface area contributed by atoms with E-state index in [0.29, 0.717) is 31.7 Å². The topological polar surface area (TPSA) is 95.3 Å². The highest BCUT2D eigenvalue weighted by Crippen LogP contribution is 2.19. The van der Waals surface area contributed by atoms with Crippen molar-refractivity contribution in [2.24, 2.45) is 10.9 Å². The maximum Gasteiger partial charge on any atom is 0.258 e. The van der Waals surface area contributed by atoms with E-state index in [4.69, 9.17) is 27.0 Å². The van der Waals surface area contributed by atoms with Crippen molar-refractivity contribution in [1.82, 2.24) is 9.80 Å². The second-order valence-electron chi connectivity index (χ2n) is 4.64. The van der Waals surface area contributed by atoms with Gasteiger partial charge >= 0.3 is 0 Å². The number of hydrogen-bond acceptors (Lipinski definition) is 5. The van der Waals surface area contributed by atoms with E-state index < -0.39 is 0 Å². The normalized spacial score (nSPS) is 19.1. The summed E-state index contributed by atoms with van der Waals surface area (Å²) in [5, 5.41) is 11.8. The lowest BCUT2D eigenvalue weighted by Crippen LogP contribution is -2.54. The lowest BCUT2D eigenvalue weighted by molar-refractivity contribution is 0.0618. The monoisotopic (exact) mass is 300 g/mol. The first-order chi connectivity index (χ1) is 9.54. The fourth-order valence-corrected chi connectivity index (χ4v) is 2.39. The smallest absolute Gasteiger partial charge is 0.258 e. The molecule has 0 spiro atoms. The molecule has 1 fully saturated rings. The third kappa shape index (κ3) is 2.88. The van der Waals surface area contributed by atoms with Crippen LogP contribution in [0, 0.1) is 0 Å². The Morgan fingerprint density at radius 2 is 2.15 bits per heavy atom. The number of piperazine rings is 1. The van der Waals surface area contributed by atoms with Crippen LogP contribution in [-0.2, 0) is 0 Å². The molecule has 20 heavy (non-hydrogen) atoms. The van der Waals surface area contributed by atoms with Crippen molar-refractivity contribution in [3.8, 4) is 0 Å². The van der Waals surface area contributed by atoms with E-state index in [9.17, 15) is 4.79 Å². The number of amides is 1. The van der Waals surface area contributed by atoms with Crippen LogP contribution in [0.3, 0.4) is 0 Å². The van der Waals surface area contributed by atoms with Crippen LogP contribution in [0.2, 0.25) is 5.22 Å². The van der Waals surface area contributed by atoms with E-state index in [1.54, 1.807) is 11.0 Å². The molecular weight excluding hydrogens is 284 g/mol. The van der Waals surface area contributed by atoms with Gasteiger partial charge in [-0.15, -0.1) is 0 Å². The van der Waals surface area contributed by atoms with E-state index in [2.05, 4.69) is 10.1 Å². The average molecular weight is 301 g/mol. The van der Waals surface area contributed by atoms with Gasteiger partial charge in [-0.1, -0.05) is 5.16 Å². The molecule has 3 N–H and O–H groups in total. The van der Waals surface area contributed by atoms with Gasteiger partial charge in [0.2, 0.25) is 5.22 Å². The van der Waals surface area contributed by atoms with Crippen molar-refractivity contribution in [2.45, 2.75) is 13.0 Å². The first kappa shape index (κ1) is 14.7. The van der Waals surface area contributed by atoms with Gasteiger partial charge in [0, 0.05) is 26.2 Å². The summed E-state index contributed by atoms with van der Waals surface area (Å²) in [4.78, 5) is 16.0. The van der Waals surface area contributed by atoms with Crippen molar-refractivity contribution in [2.75, 3.05) is 26.2 Å². The van der Waals surface area contributed by atoms with Gasteiger partial charge in [0.15, 0.2) is 5.84 Å². The average Bonchev–Trinajstić information content (AvgIpc) is 2.91. The zero-order chi connectivity index (χ0) is 14.7. The number of oxime groups is 1. The second-order valence-corrected chi connectivity index (χ2v) is 4.98. The molecule has 1 aromatic heterocycles. The molecule has 1 saturated heterocycles. The van der Waals surface area contributed by atoms with Crippen molar-refractivity contribution < 1.29 is 14.4 Å². The van der Waals surface area contributed by atoms with Crippen molar-refractivity contribution in [3.05, 3.63) is 23.1 Å². The summed E-state index contributed by atoms with van der Waals surface area (Å²) in [5.74, 6) is 0.0301. The molecule has 1 amide bonds. The summed E-state index contributed by atoms with van der Waals surface area (Å²) in [7, 11) is 0. The summed E-state index contributed by atoms with van der Waals surface area (Å²) in [6.07, 6.45) is 1.40. The minimum atomic E-state index is -0.158. The van der Waals surface area contributed by atoms with Crippen LogP contribution in [0.4, 0.5) is 0 Å². The van der Waals surface area contributed by atoms with Gasteiger partial charge in [-0.3, -0.25) is 9.69 Å². The summed E-state index contributed by atoms with van der Waals surface area (Å²) in [6, 6.07) is 1.41.